The second-order valence-electron chi connectivity index (χ2n) is 3.38. The largest absolute Gasteiger partial charge is 0.269 e. The zero-order chi connectivity index (χ0) is 10.8. The van der Waals surface area contributed by atoms with Crippen molar-refractivity contribution < 1.29 is 9.59 Å². The fraction of sp³-hybridized carbons (Fsp3) is 0.167. The van der Waals surface area contributed by atoms with Gasteiger partial charge >= 0.3 is 0 Å². The summed E-state index contributed by atoms with van der Waals surface area (Å²) in [5.74, 6) is -0.540. The molecule has 2 aliphatic rings. The zero-order valence-corrected chi connectivity index (χ0v) is 8.43. The first-order valence-corrected chi connectivity index (χ1v) is 4.82. The highest BCUT2D eigenvalue weighted by Crippen LogP contribution is 2.21. The number of hydrogen-bond donors (Lipinski definition) is 0. The molecule has 0 bridgehead atoms. The molecule has 3 heteroatoms. The third kappa shape index (κ3) is 1.68. The number of nitrogens with zero attached hydrogens (tertiary/aromatic N) is 1. The van der Waals surface area contributed by atoms with Gasteiger partial charge in [-0.3, -0.25) is 9.59 Å². The van der Waals surface area contributed by atoms with Gasteiger partial charge in [-0.25, -0.2) is 4.90 Å². The summed E-state index contributed by atoms with van der Waals surface area (Å²) in [5, 5.41) is 0. The summed E-state index contributed by atoms with van der Waals surface area (Å²) in [6.45, 7) is 1.94. The lowest BCUT2D eigenvalue weighted by Gasteiger charge is -2.18. The van der Waals surface area contributed by atoms with Crippen molar-refractivity contribution in [1.82, 2.24) is 4.90 Å². The number of hydrogen-bond acceptors (Lipinski definition) is 2. The molecule has 0 aromatic heterocycles. The van der Waals surface area contributed by atoms with Gasteiger partial charge in [-0.05, 0) is 31.1 Å². The average molecular weight is 201 g/mol. The Hall–Kier alpha value is -1.90. The van der Waals surface area contributed by atoms with Gasteiger partial charge in [0, 0.05) is 12.2 Å². The lowest BCUT2D eigenvalue weighted by Crippen LogP contribution is -2.29. The fourth-order valence-electron chi connectivity index (χ4n) is 1.61. The SMILES string of the molecule is C/C=C1/C=C(N2C(=O)C=CC2=O)C=CC1. The number of imide groups is 1. The maximum atomic E-state index is 11.4. The van der Waals surface area contributed by atoms with Crippen LogP contribution in [0.15, 0.2) is 47.7 Å². The molecule has 1 aliphatic heterocycles. The molecule has 0 aromatic rings. The van der Waals surface area contributed by atoms with Gasteiger partial charge in [0.25, 0.3) is 11.8 Å². The van der Waals surface area contributed by atoms with Crippen LogP contribution >= 0.6 is 0 Å². The van der Waals surface area contributed by atoms with Gasteiger partial charge in [0.1, 0.15) is 0 Å². The molecule has 15 heavy (non-hydrogen) atoms. The minimum Gasteiger partial charge on any atom is -0.269 e. The first-order chi connectivity index (χ1) is 7.22. The number of carbonyl (C=O) groups is 2. The molecule has 0 N–H and O–H groups in total. The molecule has 0 atom stereocenters. The van der Waals surface area contributed by atoms with Crippen molar-refractivity contribution in [2.45, 2.75) is 13.3 Å². The highest BCUT2D eigenvalue weighted by Gasteiger charge is 2.26. The van der Waals surface area contributed by atoms with E-state index in [4.69, 9.17) is 0 Å². The Bertz CT molecular complexity index is 421. The van der Waals surface area contributed by atoms with Crippen LogP contribution < -0.4 is 0 Å². The van der Waals surface area contributed by atoms with Gasteiger partial charge < -0.3 is 0 Å². The maximum absolute atomic E-state index is 11.4. The molecule has 0 radical (unpaired) electrons. The van der Waals surface area contributed by atoms with Gasteiger partial charge in [-0.2, -0.15) is 0 Å². The van der Waals surface area contributed by atoms with Gasteiger partial charge in [-0.15, -0.1) is 0 Å². The van der Waals surface area contributed by atoms with Crippen molar-refractivity contribution in [1.29, 1.82) is 0 Å². The number of rotatable bonds is 1. The van der Waals surface area contributed by atoms with E-state index < -0.39 is 0 Å². The Morgan fingerprint density at radius 1 is 1.20 bits per heavy atom. The lowest BCUT2D eigenvalue weighted by molar-refractivity contribution is -0.134. The molecule has 3 nitrogen and oxygen atoms in total. The van der Waals surface area contributed by atoms with Crippen molar-refractivity contribution >= 4 is 11.8 Å². The molecule has 0 saturated heterocycles. The summed E-state index contributed by atoms with van der Waals surface area (Å²) >= 11 is 0. The summed E-state index contributed by atoms with van der Waals surface area (Å²) < 4.78 is 0. The minimum absolute atomic E-state index is 0.270. The smallest absolute Gasteiger partial charge is 0.258 e. The van der Waals surface area contributed by atoms with Crippen LogP contribution in [-0.4, -0.2) is 16.7 Å². The molecule has 0 spiro atoms. The molecule has 0 aromatic carbocycles. The van der Waals surface area contributed by atoms with Crippen molar-refractivity contribution in [2.75, 3.05) is 0 Å². The summed E-state index contributed by atoms with van der Waals surface area (Å²) in [7, 11) is 0. The van der Waals surface area contributed by atoms with Crippen LogP contribution in [-0.2, 0) is 9.59 Å². The monoisotopic (exact) mass is 201 g/mol. The van der Waals surface area contributed by atoms with E-state index in [9.17, 15) is 9.59 Å². The van der Waals surface area contributed by atoms with E-state index in [0.29, 0.717) is 5.70 Å². The number of allylic oxidation sites excluding steroid dienone is 5. The van der Waals surface area contributed by atoms with Gasteiger partial charge in [0.2, 0.25) is 0 Å². The summed E-state index contributed by atoms with van der Waals surface area (Å²) in [6, 6.07) is 0. The fourth-order valence-corrected chi connectivity index (χ4v) is 1.61. The van der Waals surface area contributed by atoms with Crippen LogP contribution in [0.1, 0.15) is 13.3 Å². The van der Waals surface area contributed by atoms with Crippen LogP contribution in [0.5, 0.6) is 0 Å². The van der Waals surface area contributed by atoms with Crippen molar-refractivity contribution in [2.24, 2.45) is 0 Å². The van der Waals surface area contributed by atoms with E-state index in [1.807, 2.05) is 25.2 Å². The van der Waals surface area contributed by atoms with Crippen LogP contribution in [0.4, 0.5) is 0 Å². The first-order valence-electron chi connectivity index (χ1n) is 4.82. The topological polar surface area (TPSA) is 37.4 Å². The number of carbonyl (C=O) groups excluding carboxylic acids is 2. The third-order valence-corrected chi connectivity index (χ3v) is 2.41. The Labute approximate surface area is 88.1 Å². The molecule has 0 unspecified atom stereocenters. The predicted molar refractivity (Wildman–Crippen MR) is 56.6 cm³/mol. The normalized spacial score (nSPS) is 22.9. The summed E-state index contributed by atoms with van der Waals surface area (Å²) in [5.41, 5.74) is 1.76. The molecule has 2 rings (SSSR count). The Morgan fingerprint density at radius 2 is 1.87 bits per heavy atom. The number of amides is 2. The molecule has 1 aliphatic carbocycles. The molecular formula is C12H11NO2. The van der Waals surface area contributed by atoms with Gasteiger partial charge in [-0.1, -0.05) is 12.2 Å². The Morgan fingerprint density at radius 3 is 2.47 bits per heavy atom. The van der Waals surface area contributed by atoms with Crippen LogP contribution in [0.2, 0.25) is 0 Å². The van der Waals surface area contributed by atoms with E-state index in [1.54, 1.807) is 6.08 Å². The second-order valence-corrected chi connectivity index (χ2v) is 3.38. The minimum atomic E-state index is -0.270. The highest BCUT2D eigenvalue weighted by atomic mass is 16.2. The molecule has 76 valence electrons. The van der Waals surface area contributed by atoms with Gasteiger partial charge in [0.15, 0.2) is 0 Å². The zero-order valence-electron chi connectivity index (χ0n) is 8.43. The van der Waals surface area contributed by atoms with Crippen molar-refractivity contribution in [3.63, 3.8) is 0 Å². The van der Waals surface area contributed by atoms with E-state index in [-0.39, 0.29) is 11.8 Å². The first kappa shape index (κ1) is 9.65. The standard InChI is InChI=1S/C12H11NO2/c1-2-9-4-3-5-10(8-9)13-11(14)6-7-12(13)15/h2-3,5-8H,4H2,1H3/b9-2+. The molecule has 1 heterocycles. The maximum Gasteiger partial charge on any atom is 0.258 e. The Kier molecular flexibility index (Phi) is 2.37. The lowest BCUT2D eigenvalue weighted by atomic mass is 10.1. The predicted octanol–water partition coefficient (Wildman–Crippen LogP) is 1.70. The molecule has 0 saturated carbocycles. The summed E-state index contributed by atoms with van der Waals surface area (Å²) in [6.07, 6.45) is 11.0. The van der Waals surface area contributed by atoms with E-state index >= 15 is 0 Å². The quantitative estimate of drug-likeness (QED) is 0.605. The van der Waals surface area contributed by atoms with E-state index in [2.05, 4.69) is 0 Å². The Balaban J connectivity index is 2.32. The van der Waals surface area contributed by atoms with Crippen molar-refractivity contribution in [3.05, 3.63) is 47.7 Å². The average Bonchev–Trinajstić information content (AvgIpc) is 2.59. The van der Waals surface area contributed by atoms with Crippen LogP contribution in [0, 0.1) is 0 Å². The molecule has 2 amide bonds. The third-order valence-electron chi connectivity index (χ3n) is 2.41. The van der Waals surface area contributed by atoms with E-state index in [1.165, 1.54) is 17.1 Å². The van der Waals surface area contributed by atoms with Crippen molar-refractivity contribution in [3.8, 4) is 0 Å². The van der Waals surface area contributed by atoms with E-state index in [0.717, 1.165) is 12.0 Å². The second kappa shape index (κ2) is 3.69. The molecular weight excluding hydrogens is 190 g/mol. The van der Waals surface area contributed by atoms with Crippen LogP contribution in [0.3, 0.4) is 0 Å². The van der Waals surface area contributed by atoms with Gasteiger partial charge in [0.05, 0.1) is 5.70 Å². The van der Waals surface area contributed by atoms with Crippen LogP contribution in [0.25, 0.3) is 0 Å². The highest BCUT2D eigenvalue weighted by molar-refractivity contribution is 6.14. The molecule has 0 fully saturated rings. The summed E-state index contributed by atoms with van der Waals surface area (Å²) in [4.78, 5) is 24.0.